The lowest BCUT2D eigenvalue weighted by Gasteiger charge is -2.18. The Bertz CT molecular complexity index is 1210. The first-order chi connectivity index (χ1) is 35.5. The number of allylic oxidation sites excluding steroid dienone is 6. The van der Waals surface area contributed by atoms with Crippen molar-refractivity contribution in [1.29, 1.82) is 0 Å². The third-order valence-electron chi connectivity index (χ3n) is 14.4. The average molecular weight is 1010 g/mol. The fourth-order valence-electron chi connectivity index (χ4n) is 9.53. The van der Waals surface area contributed by atoms with E-state index >= 15 is 0 Å². The SMILES string of the molecule is CCCCC/C=C\C/C=C\CCCCCCCCCC(=O)OCC(COC(=O)CCCCCCCCCCCCCCCCCCCCC)OC(=O)CCCCCCC/C=C\CCCCCCCCCCC. The van der Waals surface area contributed by atoms with E-state index in [4.69, 9.17) is 14.2 Å². The Morgan fingerprint density at radius 2 is 0.500 bits per heavy atom. The van der Waals surface area contributed by atoms with Crippen LogP contribution in [0.5, 0.6) is 0 Å². The van der Waals surface area contributed by atoms with Crippen molar-refractivity contribution in [3.05, 3.63) is 36.5 Å². The Morgan fingerprint density at radius 3 is 0.806 bits per heavy atom. The average Bonchev–Trinajstić information content (AvgIpc) is 3.38. The van der Waals surface area contributed by atoms with E-state index in [1.165, 1.54) is 231 Å². The van der Waals surface area contributed by atoms with Gasteiger partial charge >= 0.3 is 17.9 Å². The van der Waals surface area contributed by atoms with Gasteiger partial charge in [-0.05, 0) is 77.0 Å². The van der Waals surface area contributed by atoms with Crippen molar-refractivity contribution in [1.82, 2.24) is 0 Å². The van der Waals surface area contributed by atoms with E-state index in [1.54, 1.807) is 0 Å². The number of esters is 3. The first kappa shape index (κ1) is 69.6. The van der Waals surface area contributed by atoms with Gasteiger partial charge in [-0.1, -0.05) is 288 Å². The smallest absolute Gasteiger partial charge is 0.306 e. The van der Waals surface area contributed by atoms with Crippen LogP contribution in [0.1, 0.15) is 348 Å². The summed E-state index contributed by atoms with van der Waals surface area (Å²) in [7, 11) is 0. The van der Waals surface area contributed by atoms with Gasteiger partial charge in [0.1, 0.15) is 13.2 Å². The molecule has 6 heteroatoms. The Labute approximate surface area is 448 Å². The highest BCUT2D eigenvalue weighted by atomic mass is 16.6. The molecule has 0 aliphatic heterocycles. The maximum absolute atomic E-state index is 12.9. The number of hydrogen-bond acceptors (Lipinski definition) is 6. The second-order valence-corrected chi connectivity index (χ2v) is 21.7. The maximum Gasteiger partial charge on any atom is 0.306 e. The number of ether oxygens (including phenoxy) is 3. The van der Waals surface area contributed by atoms with E-state index in [1.807, 2.05) is 0 Å². The van der Waals surface area contributed by atoms with Crippen molar-refractivity contribution < 1.29 is 28.6 Å². The van der Waals surface area contributed by atoms with Crippen LogP contribution in [0.2, 0.25) is 0 Å². The zero-order valence-corrected chi connectivity index (χ0v) is 48.5. The second kappa shape index (κ2) is 61.2. The van der Waals surface area contributed by atoms with Crippen LogP contribution < -0.4 is 0 Å². The molecule has 1 atom stereocenters. The van der Waals surface area contributed by atoms with E-state index < -0.39 is 6.10 Å². The van der Waals surface area contributed by atoms with Gasteiger partial charge in [-0.2, -0.15) is 0 Å². The van der Waals surface area contributed by atoms with Crippen LogP contribution in [0.25, 0.3) is 0 Å². The van der Waals surface area contributed by atoms with E-state index in [0.717, 1.165) is 77.0 Å². The van der Waals surface area contributed by atoms with Crippen molar-refractivity contribution in [3.63, 3.8) is 0 Å². The van der Waals surface area contributed by atoms with Crippen LogP contribution in [0.15, 0.2) is 36.5 Å². The molecule has 0 saturated carbocycles. The van der Waals surface area contributed by atoms with Crippen molar-refractivity contribution in [2.45, 2.75) is 354 Å². The quantitative estimate of drug-likeness (QED) is 0.0261. The van der Waals surface area contributed by atoms with Gasteiger partial charge in [0.05, 0.1) is 0 Å². The molecule has 0 bridgehead atoms. The summed E-state index contributed by atoms with van der Waals surface area (Å²) in [6.45, 7) is 6.66. The Kier molecular flexibility index (Phi) is 59.2. The van der Waals surface area contributed by atoms with Crippen LogP contribution in [0.3, 0.4) is 0 Å². The highest BCUT2D eigenvalue weighted by Crippen LogP contribution is 2.17. The number of hydrogen-bond donors (Lipinski definition) is 0. The molecule has 72 heavy (non-hydrogen) atoms. The number of carbonyl (C=O) groups is 3. The van der Waals surface area contributed by atoms with Crippen molar-refractivity contribution in [3.8, 4) is 0 Å². The van der Waals surface area contributed by atoms with Crippen molar-refractivity contribution in [2.24, 2.45) is 0 Å². The van der Waals surface area contributed by atoms with Gasteiger partial charge in [0, 0.05) is 19.3 Å². The van der Waals surface area contributed by atoms with Gasteiger partial charge in [-0.25, -0.2) is 0 Å². The molecule has 0 radical (unpaired) electrons. The van der Waals surface area contributed by atoms with E-state index in [2.05, 4.69) is 57.2 Å². The largest absolute Gasteiger partial charge is 0.462 e. The van der Waals surface area contributed by atoms with Gasteiger partial charge < -0.3 is 14.2 Å². The highest BCUT2D eigenvalue weighted by Gasteiger charge is 2.19. The molecule has 0 aliphatic rings. The Hall–Kier alpha value is -2.37. The molecular formula is C66H122O6. The van der Waals surface area contributed by atoms with E-state index in [-0.39, 0.29) is 31.1 Å². The number of carbonyl (C=O) groups excluding carboxylic acids is 3. The van der Waals surface area contributed by atoms with Gasteiger partial charge in [-0.15, -0.1) is 0 Å². The molecule has 0 N–H and O–H groups in total. The van der Waals surface area contributed by atoms with Gasteiger partial charge in [0.15, 0.2) is 6.10 Å². The molecular weight excluding hydrogens is 889 g/mol. The maximum atomic E-state index is 12.9. The van der Waals surface area contributed by atoms with Crippen molar-refractivity contribution in [2.75, 3.05) is 13.2 Å². The summed E-state index contributed by atoms with van der Waals surface area (Å²) in [4.78, 5) is 38.3. The summed E-state index contributed by atoms with van der Waals surface area (Å²) in [5.41, 5.74) is 0. The summed E-state index contributed by atoms with van der Waals surface area (Å²) in [6, 6.07) is 0. The molecule has 6 nitrogen and oxygen atoms in total. The summed E-state index contributed by atoms with van der Waals surface area (Å²) in [6.07, 6.45) is 74.3. The molecule has 0 spiro atoms. The third-order valence-corrected chi connectivity index (χ3v) is 14.4. The van der Waals surface area contributed by atoms with Crippen LogP contribution in [0, 0.1) is 0 Å². The lowest BCUT2D eigenvalue weighted by Crippen LogP contribution is -2.30. The van der Waals surface area contributed by atoms with E-state index in [9.17, 15) is 14.4 Å². The Morgan fingerprint density at radius 1 is 0.278 bits per heavy atom. The van der Waals surface area contributed by atoms with Crippen LogP contribution in [-0.4, -0.2) is 37.2 Å². The molecule has 0 amide bonds. The van der Waals surface area contributed by atoms with Crippen LogP contribution >= 0.6 is 0 Å². The monoisotopic (exact) mass is 1010 g/mol. The molecule has 0 fully saturated rings. The molecule has 0 heterocycles. The fourth-order valence-corrected chi connectivity index (χ4v) is 9.53. The molecule has 0 saturated heterocycles. The van der Waals surface area contributed by atoms with E-state index in [0.29, 0.717) is 19.3 Å². The molecule has 0 aromatic heterocycles. The first-order valence-corrected chi connectivity index (χ1v) is 32.0. The minimum atomic E-state index is -0.778. The first-order valence-electron chi connectivity index (χ1n) is 32.0. The Balaban J connectivity index is 4.35. The van der Waals surface area contributed by atoms with Crippen LogP contribution in [-0.2, 0) is 28.6 Å². The third kappa shape index (κ3) is 58.5. The summed E-state index contributed by atoms with van der Waals surface area (Å²) in [5.74, 6) is -0.867. The molecule has 422 valence electrons. The summed E-state index contributed by atoms with van der Waals surface area (Å²) in [5, 5.41) is 0. The number of rotatable bonds is 59. The predicted molar refractivity (Wildman–Crippen MR) is 312 cm³/mol. The second-order valence-electron chi connectivity index (χ2n) is 21.7. The zero-order chi connectivity index (χ0) is 52.2. The van der Waals surface area contributed by atoms with Crippen molar-refractivity contribution >= 4 is 17.9 Å². The minimum absolute atomic E-state index is 0.0738. The molecule has 0 aliphatic carbocycles. The van der Waals surface area contributed by atoms with Gasteiger partial charge in [-0.3, -0.25) is 14.4 Å². The lowest BCUT2D eigenvalue weighted by atomic mass is 10.0. The zero-order valence-electron chi connectivity index (χ0n) is 48.5. The summed E-state index contributed by atoms with van der Waals surface area (Å²) >= 11 is 0. The molecule has 0 rings (SSSR count). The van der Waals surface area contributed by atoms with Gasteiger partial charge in [0.2, 0.25) is 0 Å². The number of unbranched alkanes of at least 4 members (excludes halogenated alkanes) is 42. The standard InChI is InChI=1S/C66H122O6/c1-4-7-10-13-16-19-22-25-28-31-33-36-38-41-44-47-50-53-56-59-65(68)71-62-63(61-70-64(67)58-55-52-49-46-43-40-37-34-30-27-24-21-18-15-12-9-6-3)72-66(69)60-57-54-51-48-45-42-39-35-32-29-26-23-20-17-14-11-8-5-2/h18,21,27,30,35,39,63H,4-17,19-20,22-26,28-29,31-34,36-38,40-62H2,1-3H3/b21-18-,30-27-,39-35-. The minimum Gasteiger partial charge on any atom is -0.462 e. The van der Waals surface area contributed by atoms with Crippen LogP contribution in [0.4, 0.5) is 0 Å². The topological polar surface area (TPSA) is 78.9 Å². The molecule has 0 aromatic carbocycles. The van der Waals surface area contributed by atoms with Gasteiger partial charge in [0.25, 0.3) is 0 Å². The fraction of sp³-hybridized carbons (Fsp3) is 0.864. The predicted octanol–water partition coefficient (Wildman–Crippen LogP) is 21.6. The summed E-state index contributed by atoms with van der Waals surface area (Å²) < 4.78 is 16.9. The molecule has 0 aromatic rings. The lowest BCUT2D eigenvalue weighted by molar-refractivity contribution is -0.167. The highest BCUT2D eigenvalue weighted by molar-refractivity contribution is 5.71. The normalized spacial score (nSPS) is 12.2. The molecule has 1 unspecified atom stereocenters.